The van der Waals surface area contributed by atoms with Gasteiger partial charge in [-0.1, -0.05) is 25.1 Å². The molecular weight excluding hydrogens is 483 g/mol. The number of imide groups is 1. The van der Waals surface area contributed by atoms with E-state index in [0.29, 0.717) is 11.1 Å². The van der Waals surface area contributed by atoms with E-state index in [2.05, 4.69) is 10.3 Å². The van der Waals surface area contributed by atoms with Crippen LogP contribution in [0, 0.1) is 0 Å². The summed E-state index contributed by atoms with van der Waals surface area (Å²) in [5, 5.41) is 2.61. The van der Waals surface area contributed by atoms with Crippen LogP contribution in [-0.4, -0.2) is 34.4 Å². The smallest absolute Gasteiger partial charge is 0.404 e. The van der Waals surface area contributed by atoms with Crippen molar-refractivity contribution in [2.75, 3.05) is 4.90 Å². The van der Waals surface area contributed by atoms with Gasteiger partial charge in [-0.15, -0.1) is 0 Å². The number of hydrogen-bond acceptors (Lipinski definition) is 6. The molecule has 2 aromatic carbocycles. The predicted molar refractivity (Wildman–Crippen MR) is 122 cm³/mol. The number of anilines is 1. The molecule has 3 aromatic rings. The zero-order valence-electron chi connectivity index (χ0n) is 18.2. The van der Waals surface area contributed by atoms with Crippen LogP contribution in [0.3, 0.4) is 0 Å². The molecule has 0 spiro atoms. The summed E-state index contributed by atoms with van der Waals surface area (Å²) in [6, 6.07) is 14.8. The number of halogens is 3. The maximum Gasteiger partial charge on any atom is 0.446 e. The fraction of sp³-hybridized carbons (Fsp3) is 0.167. The standard InChI is InChI=1S/C24H18F3N3O4S/c1-14(16-11-12-28-19(13-16)34-22(32)15-5-3-2-4-6-15)20-21(31)30(23(33)29-20)17-7-9-18(10-8-17)35-24(25,26)27/h2-14,20H,1H3,(H,29,33). The van der Waals surface area contributed by atoms with E-state index in [0.717, 1.165) is 4.90 Å². The molecule has 180 valence electrons. The number of nitrogens with zero attached hydrogens (tertiary/aromatic N) is 2. The lowest BCUT2D eigenvalue weighted by Gasteiger charge is -2.19. The summed E-state index contributed by atoms with van der Waals surface area (Å²) >= 11 is -0.286. The third-order valence-corrected chi connectivity index (χ3v) is 6.03. The second-order valence-corrected chi connectivity index (χ2v) is 8.75. The van der Waals surface area contributed by atoms with E-state index in [1.807, 2.05) is 0 Å². The van der Waals surface area contributed by atoms with Crippen LogP contribution in [0.2, 0.25) is 0 Å². The second-order valence-electron chi connectivity index (χ2n) is 7.61. The highest BCUT2D eigenvalue weighted by Gasteiger charge is 2.42. The number of urea groups is 1. The first-order chi connectivity index (χ1) is 16.6. The number of ether oxygens (including phenoxy) is 1. The van der Waals surface area contributed by atoms with E-state index >= 15 is 0 Å². The Morgan fingerprint density at radius 1 is 1.09 bits per heavy atom. The second kappa shape index (κ2) is 9.79. The highest BCUT2D eigenvalue weighted by Crippen LogP contribution is 2.38. The van der Waals surface area contributed by atoms with Crippen molar-refractivity contribution >= 4 is 35.4 Å². The van der Waals surface area contributed by atoms with Crippen molar-refractivity contribution in [3.05, 3.63) is 84.1 Å². The van der Waals surface area contributed by atoms with Gasteiger partial charge in [-0.3, -0.25) is 4.79 Å². The number of nitrogens with one attached hydrogen (secondary N) is 1. The molecule has 0 saturated carbocycles. The van der Waals surface area contributed by atoms with Gasteiger partial charge in [0.05, 0.1) is 11.3 Å². The Bertz CT molecular complexity index is 1250. The first kappa shape index (κ1) is 24.3. The Hall–Kier alpha value is -3.86. The van der Waals surface area contributed by atoms with Crippen molar-refractivity contribution in [2.24, 2.45) is 0 Å². The number of rotatable bonds is 6. The molecule has 1 aromatic heterocycles. The normalized spacial score (nSPS) is 16.7. The number of aromatic nitrogens is 1. The van der Waals surface area contributed by atoms with Crippen LogP contribution >= 0.6 is 11.8 Å². The molecule has 1 fully saturated rings. The molecular formula is C24H18F3N3O4S. The maximum atomic E-state index is 13.0. The highest BCUT2D eigenvalue weighted by molar-refractivity contribution is 8.00. The van der Waals surface area contributed by atoms with E-state index in [4.69, 9.17) is 4.74 Å². The van der Waals surface area contributed by atoms with Gasteiger partial charge in [0.25, 0.3) is 5.91 Å². The topological polar surface area (TPSA) is 88.6 Å². The van der Waals surface area contributed by atoms with E-state index in [1.165, 1.54) is 36.5 Å². The number of carbonyl (C=O) groups is 3. The number of esters is 1. The number of alkyl halides is 3. The van der Waals surface area contributed by atoms with Crippen molar-refractivity contribution in [1.29, 1.82) is 0 Å². The quantitative estimate of drug-likeness (QED) is 0.286. The lowest BCUT2D eigenvalue weighted by molar-refractivity contribution is -0.118. The van der Waals surface area contributed by atoms with Crippen LogP contribution < -0.4 is 15.0 Å². The van der Waals surface area contributed by atoms with Crippen LogP contribution in [0.4, 0.5) is 23.7 Å². The van der Waals surface area contributed by atoms with Gasteiger partial charge >= 0.3 is 17.5 Å². The Labute approximate surface area is 202 Å². The van der Waals surface area contributed by atoms with Gasteiger partial charge in [0, 0.05) is 23.1 Å². The summed E-state index contributed by atoms with van der Waals surface area (Å²) in [5.41, 5.74) is -3.35. The third kappa shape index (κ3) is 5.62. The molecule has 35 heavy (non-hydrogen) atoms. The van der Waals surface area contributed by atoms with Crippen molar-refractivity contribution in [1.82, 2.24) is 10.3 Å². The Kier molecular flexibility index (Phi) is 6.79. The minimum atomic E-state index is -4.44. The molecule has 4 rings (SSSR count). The number of amides is 3. The lowest BCUT2D eigenvalue weighted by Crippen LogP contribution is -2.34. The average molecular weight is 501 g/mol. The monoisotopic (exact) mass is 501 g/mol. The molecule has 11 heteroatoms. The van der Waals surface area contributed by atoms with Crippen molar-refractivity contribution in [3.8, 4) is 5.88 Å². The fourth-order valence-electron chi connectivity index (χ4n) is 3.56. The molecule has 0 bridgehead atoms. The van der Waals surface area contributed by atoms with Crippen LogP contribution in [0.25, 0.3) is 0 Å². The van der Waals surface area contributed by atoms with Crippen molar-refractivity contribution in [2.45, 2.75) is 29.3 Å². The molecule has 0 aliphatic carbocycles. The van der Waals surface area contributed by atoms with Gasteiger partial charge in [0.1, 0.15) is 6.04 Å². The molecule has 1 aliphatic rings. The minimum Gasteiger partial charge on any atom is -0.404 e. The summed E-state index contributed by atoms with van der Waals surface area (Å²) in [7, 11) is 0. The lowest BCUT2D eigenvalue weighted by atomic mass is 9.94. The molecule has 1 N–H and O–H groups in total. The van der Waals surface area contributed by atoms with Gasteiger partial charge in [-0.05, 0) is 59.8 Å². The average Bonchev–Trinajstić information content (AvgIpc) is 3.12. The predicted octanol–water partition coefficient (Wildman–Crippen LogP) is 5.14. The summed E-state index contributed by atoms with van der Waals surface area (Å²) in [6.07, 6.45) is 1.43. The van der Waals surface area contributed by atoms with Gasteiger partial charge in [0.2, 0.25) is 5.88 Å². The molecule has 0 radical (unpaired) electrons. The summed E-state index contributed by atoms with van der Waals surface area (Å²) < 4.78 is 43.0. The first-order valence-electron chi connectivity index (χ1n) is 10.4. The fourth-order valence-corrected chi connectivity index (χ4v) is 4.10. The van der Waals surface area contributed by atoms with E-state index in [1.54, 1.807) is 43.3 Å². The number of thioether (sulfide) groups is 1. The molecule has 2 unspecified atom stereocenters. The zero-order valence-corrected chi connectivity index (χ0v) is 19.0. The van der Waals surface area contributed by atoms with Crippen LogP contribution in [0.5, 0.6) is 5.88 Å². The van der Waals surface area contributed by atoms with E-state index in [-0.39, 0.29) is 28.2 Å². The largest absolute Gasteiger partial charge is 0.446 e. The Morgan fingerprint density at radius 2 is 1.77 bits per heavy atom. The van der Waals surface area contributed by atoms with Gasteiger partial charge in [-0.2, -0.15) is 13.2 Å². The van der Waals surface area contributed by atoms with Crippen LogP contribution in [0.15, 0.2) is 77.8 Å². The SMILES string of the molecule is CC(c1ccnc(OC(=O)c2ccccc2)c1)C1NC(=O)N(c2ccc(SC(F)(F)F)cc2)C1=O. The highest BCUT2D eigenvalue weighted by atomic mass is 32.2. The van der Waals surface area contributed by atoms with E-state index < -0.39 is 35.4 Å². The first-order valence-corrected chi connectivity index (χ1v) is 11.2. The summed E-state index contributed by atoms with van der Waals surface area (Å²) in [4.78, 5) is 42.8. The number of pyridine rings is 1. The van der Waals surface area contributed by atoms with Crippen molar-refractivity contribution in [3.63, 3.8) is 0 Å². The van der Waals surface area contributed by atoms with Gasteiger partial charge in [0.15, 0.2) is 0 Å². The molecule has 1 aliphatic heterocycles. The molecule has 2 atom stereocenters. The number of carbonyl (C=O) groups excluding carboxylic acids is 3. The molecule has 2 heterocycles. The Balaban J connectivity index is 1.48. The molecule has 3 amide bonds. The van der Waals surface area contributed by atoms with Gasteiger partial charge in [-0.25, -0.2) is 19.5 Å². The minimum absolute atomic E-state index is 0.0367. The van der Waals surface area contributed by atoms with E-state index in [9.17, 15) is 27.6 Å². The molecule has 7 nitrogen and oxygen atoms in total. The number of benzene rings is 2. The van der Waals surface area contributed by atoms with Crippen LogP contribution in [-0.2, 0) is 4.79 Å². The summed E-state index contributed by atoms with van der Waals surface area (Å²) in [6.45, 7) is 1.72. The van der Waals surface area contributed by atoms with Crippen molar-refractivity contribution < 1.29 is 32.3 Å². The zero-order chi connectivity index (χ0) is 25.2. The van der Waals surface area contributed by atoms with Crippen LogP contribution in [0.1, 0.15) is 28.8 Å². The van der Waals surface area contributed by atoms with Gasteiger partial charge < -0.3 is 10.1 Å². The Morgan fingerprint density at radius 3 is 2.43 bits per heavy atom. The third-order valence-electron chi connectivity index (χ3n) is 5.29. The molecule has 1 saturated heterocycles. The number of hydrogen-bond donors (Lipinski definition) is 1. The summed E-state index contributed by atoms with van der Waals surface area (Å²) in [5.74, 6) is -1.63. The maximum absolute atomic E-state index is 13.0.